The molecular weight excluding hydrogens is 458 g/mol. The van der Waals surface area contributed by atoms with Crippen LogP contribution >= 0.6 is 11.6 Å². The van der Waals surface area contributed by atoms with E-state index >= 15 is 0 Å². The summed E-state index contributed by atoms with van der Waals surface area (Å²) < 4.78 is 26.7. The SMILES string of the molecule is O=C(C=CN1CCC(C(CO)N2CCC(c3ccc(Cl)cc3)CC2)CC1)c1cc(F)cc(F)c1. The number of hydrogen-bond donors (Lipinski definition) is 1. The van der Waals surface area contributed by atoms with Crippen LogP contribution in [-0.2, 0) is 0 Å². The van der Waals surface area contributed by atoms with Gasteiger partial charge in [-0.2, -0.15) is 0 Å². The molecule has 4 rings (SSSR count). The summed E-state index contributed by atoms with van der Waals surface area (Å²) in [5, 5.41) is 10.9. The molecule has 1 atom stereocenters. The van der Waals surface area contributed by atoms with Crippen molar-refractivity contribution in [2.45, 2.75) is 37.6 Å². The number of halogens is 3. The number of carbonyl (C=O) groups is 1. The number of carbonyl (C=O) groups excluding carboxylic acids is 1. The van der Waals surface area contributed by atoms with Gasteiger partial charge in [0.15, 0.2) is 5.78 Å². The van der Waals surface area contributed by atoms with Gasteiger partial charge in [-0.3, -0.25) is 9.69 Å². The molecule has 182 valence electrons. The maximum absolute atomic E-state index is 13.4. The highest BCUT2D eigenvalue weighted by atomic mass is 35.5. The molecule has 0 aliphatic carbocycles. The summed E-state index contributed by atoms with van der Waals surface area (Å²) in [6.45, 7) is 3.65. The largest absolute Gasteiger partial charge is 0.395 e. The van der Waals surface area contributed by atoms with E-state index in [1.54, 1.807) is 6.20 Å². The predicted molar refractivity (Wildman–Crippen MR) is 130 cm³/mol. The molecule has 0 radical (unpaired) electrons. The molecule has 0 aromatic heterocycles. The van der Waals surface area contributed by atoms with Crippen molar-refractivity contribution in [2.24, 2.45) is 5.92 Å². The standard InChI is InChI=1S/C27H31ClF2N2O2/c28-23-3-1-19(2-4-23)20-7-13-32(14-8-20)26(18-33)21-5-10-31(11-6-21)12-9-27(34)22-15-24(29)17-25(30)16-22/h1-4,9,12,15-17,20-21,26,33H,5-8,10-11,13-14,18H2. The third-order valence-electron chi connectivity index (χ3n) is 7.23. The summed E-state index contributed by atoms with van der Waals surface area (Å²) in [6, 6.07) is 11.1. The number of likely N-dealkylation sites (tertiary alicyclic amines) is 2. The molecule has 2 aliphatic heterocycles. The van der Waals surface area contributed by atoms with Crippen LogP contribution in [0.3, 0.4) is 0 Å². The smallest absolute Gasteiger partial charge is 0.187 e. The number of hydrogen-bond acceptors (Lipinski definition) is 4. The van der Waals surface area contributed by atoms with E-state index in [4.69, 9.17) is 11.6 Å². The van der Waals surface area contributed by atoms with Gasteiger partial charge in [0, 0.05) is 48.1 Å². The molecule has 2 aromatic rings. The van der Waals surface area contributed by atoms with Crippen LogP contribution in [0.25, 0.3) is 0 Å². The van der Waals surface area contributed by atoms with Crippen molar-refractivity contribution in [2.75, 3.05) is 32.8 Å². The first kappa shape index (κ1) is 24.8. The van der Waals surface area contributed by atoms with Crippen molar-refractivity contribution in [3.8, 4) is 0 Å². The first-order valence-electron chi connectivity index (χ1n) is 12.0. The van der Waals surface area contributed by atoms with Crippen molar-refractivity contribution in [1.82, 2.24) is 9.80 Å². The summed E-state index contributed by atoms with van der Waals surface area (Å²) in [5.41, 5.74) is 1.34. The molecular formula is C27H31ClF2N2O2. The summed E-state index contributed by atoms with van der Waals surface area (Å²) in [4.78, 5) is 16.8. The zero-order valence-electron chi connectivity index (χ0n) is 19.2. The molecule has 2 aromatic carbocycles. The van der Waals surface area contributed by atoms with Gasteiger partial charge in [-0.25, -0.2) is 8.78 Å². The summed E-state index contributed by atoms with van der Waals surface area (Å²) in [7, 11) is 0. The van der Waals surface area contributed by atoms with Gasteiger partial charge in [0.25, 0.3) is 0 Å². The fraction of sp³-hybridized carbons (Fsp3) is 0.444. The lowest BCUT2D eigenvalue weighted by Crippen LogP contribution is -2.49. The first-order chi connectivity index (χ1) is 16.4. The van der Waals surface area contributed by atoms with Crippen LogP contribution in [0.15, 0.2) is 54.7 Å². The molecule has 0 amide bonds. The maximum atomic E-state index is 13.4. The molecule has 2 fully saturated rings. The van der Waals surface area contributed by atoms with Crippen LogP contribution in [0.5, 0.6) is 0 Å². The van der Waals surface area contributed by atoms with E-state index in [0.29, 0.717) is 11.8 Å². The maximum Gasteiger partial charge on any atom is 0.187 e. The second-order valence-corrected chi connectivity index (χ2v) is 9.76. The number of ketones is 1. The minimum absolute atomic E-state index is 0.00554. The molecule has 0 bridgehead atoms. The zero-order chi connectivity index (χ0) is 24.1. The Balaban J connectivity index is 1.27. The average molecular weight is 489 g/mol. The predicted octanol–water partition coefficient (Wildman–Crippen LogP) is 5.27. The fourth-order valence-electron chi connectivity index (χ4n) is 5.28. The van der Waals surface area contributed by atoms with Gasteiger partial charge in [-0.05, 0) is 80.4 Å². The van der Waals surface area contributed by atoms with Crippen molar-refractivity contribution >= 4 is 17.4 Å². The third-order valence-corrected chi connectivity index (χ3v) is 7.48. The quantitative estimate of drug-likeness (QED) is 0.426. The molecule has 2 saturated heterocycles. The molecule has 0 spiro atoms. The van der Waals surface area contributed by atoms with E-state index < -0.39 is 17.4 Å². The number of piperidine rings is 2. The molecule has 2 heterocycles. The highest BCUT2D eigenvalue weighted by Crippen LogP contribution is 2.32. The average Bonchev–Trinajstić information content (AvgIpc) is 2.84. The topological polar surface area (TPSA) is 43.8 Å². The summed E-state index contributed by atoms with van der Waals surface area (Å²) in [6.07, 6.45) is 7.09. The Bertz CT molecular complexity index is 978. The normalized spacial score (nSPS) is 19.6. The number of benzene rings is 2. The van der Waals surface area contributed by atoms with Crippen LogP contribution in [0, 0.1) is 17.6 Å². The second kappa shape index (κ2) is 11.4. The lowest BCUT2D eigenvalue weighted by molar-refractivity contribution is 0.0396. The van der Waals surface area contributed by atoms with Gasteiger partial charge in [0.2, 0.25) is 0 Å². The zero-order valence-corrected chi connectivity index (χ0v) is 19.9. The van der Waals surface area contributed by atoms with E-state index in [9.17, 15) is 18.7 Å². The number of rotatable bonds is 7. The number of allylic oxidation sites excluding steroid dienone is 1. The lowest BCUT2D eigenvalue weighted by Gasteiger charge is -2.43. The number of nitrogens with zero attached hydrogens (tertiary/aromatic N) is 2. The molecule has 1 N–H and O–H groups in total. The van der Waals surface area contributed by atoms with Gasteiger partial charge in [-0.15, -0.1) is 0 Å². The van der Waals surface area contributed by atoms with Crippen molar-refractivity contribution in [3.63, 3.8) is 0 Å². The van der Waals surface area contributed by atoms with E-state index in [1.807, 2.05) is 12.1 Å². The fourth-order valence-corrected chi connectivity index (χ4v) is 5.41. The third kappa shape index (κ3) is 6.23. The van der Waals surface area contributed by atoms with Crippen LogP contribution in [0.4, 0.5) is 8.78 Å². The number of aliphatic hydroxyl groups is 1. The monoisotopic (exact) mass is 488 g/mol. The van der Waals surface area contributed by atoms with Crippen molar-refractivity contribution in [1.29, 1.82) is 0 Å². The molecule has 7 heteroatoms. The Morgan fingerprint density at radius 1 is 1.00 bits per heavy atom. The molecule has 2 aliphatic rings. The highest BCUT2D eigenvalue weighted by molar-refractivity contribution is 6.30. The Labute approximate surface area is 204 Å². The lowest BCUT2D eigenvalue weighted by atomic mass is 9.85. The van der Waals surface area contributed by atoms with E-state index in [-0.39, 0.29) is 18.2 Å². The first-order valence-corrected chi connectivity index (χ1v) is 12.3. The van der Waals surface area contributed by atoms with Gasteiger partial charge >= 0.3 is 0 Å². The van der Waals surface area contributed by atoms with E-state index in [2.05, 4.69) is 21.9 Å². The van der Waals surface area contributed by atoms with Crippen molar-refractivity contribution in [3.05, 3.63) is 82.5 Å². The second-order valence-electron chi connectivity index (χ2n) is 9.32. The van der Waals surface area contributed by atoms with Crippen molar-refractivity contribution < 1.29 is 18.7 Å². The van der Waals surface area contributed by atoms with Gasteiger partial charge in [0.1, 0.15) is 11.6 Å². The van der Waals surface area contributed by atoms with Crippen LogP contribution in [0.1, 0.15) is 47.5 Å². The molecule has 0 saturated carbocycles. The summed E-state index contributed by atoms with van der Waals surface area (Å²) >= 11 is 6.02. The minimum atomic E-state index is -0.759. The Morgan fingerprint density at radius 2 is 1.62 bits per heavy atom. The van der Waals surface area contributed by atoms with E-state index in [0.717, 1.165) is 75.1 Å². The van der Waals surface area contributed by atoms with Gasteiger partial charge < -0.3 is 10.0 Å². The van der Waals surface area contributed by atoms with Gasteiger partial charge in [0.05, 0.1) is 6.61 Å². The molecule has 34 heavy (non-hydrogen) atoms. The van der Waals surface area contributed by atoms with Gasteiger partial charge in [-0.1, -0.05) is 23.7 Å². The Morgan fingerprint density at radius 3 is 2.21 bits per heavy atom. The Hall–Kier alpha value is -2.28. The van der Waals surface area contributed by atoms with Crippen LogP contribution in [-0.4, -0.2) is 59.5 Å². The summed E-state index contributed by atoms with van der Waals surface area (Å²) in [5.74, 6) is -1.01. The molecule has 4 nitrogen and oxygen atoms in total. The Kier molecular flexibility index (Phi) is 8.35. The van der Waals surface area contributed by atoms with E-state index in [1.165, 1.54) is 11.6 Å². The highest BCUT2D eigenvalue weighted by Gasteiger charge is 2.32. The molecule has 1 unspecified atom stereocenters. The number of aliphatic hydroxyl groups excluding tert-OH is 1. The minimum Gasteiger partial charge on any atom is -0.395 e. The van der Waals surface area contributed by atoms with Crippen LogP contribution in [0.2, 0.25) is 5.02 Å². The van der Waals surface area contributed by atoms with Crippen LogP contribution < -0.4 is 0 Å².